The minimum Gasteiger partial charge on any atom is -0.368 e. The zero-order valence-electron chi connectivity index (χ0n) is 13.9. The van der Waals surface area contributed by atoms with Gasteiger partial charge in [0.1, 0.15) is 0 Å². The molecule has 0 bridgehead atoms. The van der Waals surface area contributed by atoms with E-state index in [1.165, 1.54) is 11.3 Å². The zero-order valence-corrected chi connectivity index (χ0v) is 13.9. The summed E-state index contributed by atoms with van der Waals surface area (Å²) in [5.41, 5.74) is 3.20. The maximum Gasteiger partial charge on any atom is 0.0707 e. The van der Waals surface area contributed by atoms with E-state index in [1.807, 2.05) is 6.08 Å². The van der Waals surface area contributed by atoms with Gasteiger partial charge >= 0.3 is 0 Å². The molecule has 0 aromatic heterocycles. The van der Waals surface area contributed by atoms with E-state index >= 15 is 0 Å². The first-order valence-electron chi connectivity index (χ1n) is 7.40. The van der Waals surface area contributed by atoms with Gasteiger partial charge in [-0.3, -0.25) is 0 Å². The Morgan fingerprint density at radius 1 is 1.26 bits per heavy atom. The van der Waals surface area contributed by atoms with Crippen molar-refractivity contribution >= 4 is 0 Å². The first-order valence-corrected chi connectivity index (χ1v) is 7.40. The smallest absolute Gasteiger partial charge is 0.0707 e. The van der Waals surface area contributed by atoms with E-state index in [-0.39, 0.29) is 16.4 Å². The molecule has 2 atom stereocenters. The highest BCUT2D eigenvalue weighted by Gasteiger charge is 2.75. The molecule has 1 aliphatic carbocycles. The molecule has 1 fully saturated rings. The van der Waals surface area contributed by atoms with Gasteiger partial charge in [0, 0.05) is 18.2 Å². The molecule has 0 aromatic rings. The van der Waals surface area contributed by atoms with Crippen LogP contribution in [0.25, 0.3) is 0 Å². The molecule has 0 aromatic carbocycles. The summed E-state index contributed by atoms with van der Waals surface area (Å²) in [6, 6.07) is 0. The lowest BCUT2D eigenvalue weighted by atomic mass is 9.71. The van der Waals surface area contributed by atoms with Gasteiger partial charge in [-0.2, -0.15) is 0 Å². The van der Waals surface area contributed by atoms with Gasteiger partial charge in [0.2, 0.25) is 0 Å². The summed E-state index contributed by atoms with van der Waals surface area (Å²) in [5.74, 6) is 0. The third kappa shape index (κ3) is 1.81. The Bertz CT molecular complexity index is 410. The number of nitrogens with zero attached hydrogens (tertiary/aromatic N) is 1. The van der Waals surface area contributed by atoms with Gasteiger partial charge < -0.3 is 4.90 Å². The number of allylic oxidation sites excluding steroid dienone is 3. The number of hydrogen-bond donors (Lipinski definition) is 0. The van der Waals surface area contributed by atoms with Crippen molar-refractivity contribution in [3.05, 3.63) is 36.6 Å². The third-order valence-electron chi connectivity index (χ3n) is 5.44. The average molecular weight is 261 g/mol. The minimum absolute atomic E-state index is 0.101. The Morgan fingerprint density at radius 2 is 1.79 bits per heavy atom. The summed E-state index contributed by atoms with van der Waals surface area (Å²) < 4.78 is 0. The molecule has 0 spiro atoms. The van der Waals surface area contributed by atoms with Gasteiger partial charge in [-0.25, -0.2) is 0 Å². The van der Waals surface area contributed by atoms with Gasteiger partial charge in [0.05, 0.1) is 5.54 Å². The van der Waals surface area contributed by atoms with Crippen LogP contribution in [0.15, 0.2) is 36.6 Å². The third-order valence-corrected chi connectivity index (χ3v) is 5.44. The second-order valence-electron chi connectivity index (χ2n) is 6.80. The molecule has 1 nitrogen and oxygen atoms in total. The van der Waals surface area contributed by atoms with Crippen LogP contribution in [0, 0.1) is 10.8 Å². The van der Waals surface area contributed by atoms with Gasteiger partial charge in [0.15, 0.2) is 0 Å². The lowest BCUT2D eigenvalue weighted by molar-refractivity contribution is 0.106. The Balaban J connectivity index is 3.33. The van der Waals surface area contributed by atoms with Crippen LogP contribution in [0.2, 0.25) is 0 Å². The van der Waals surface area contributed by atoms with Crippen molar-refractivity contribution in [3.63, 3.8) is 0 Å². The Morgan fingerprint density at radius 3 is 2.05 bits per heavy atom. The molecule has 0 amide bonds. The van der Waals surface area contributed by atoms with Crippen LogP contribution in [0.5, 0.6) is 0 Å². The molecule has 0 radical (unpaired) electrons. The lowest BCUT2D eigenvalue weighted by Gasteiger charge is -2.40. The molecule has 1 aliphatic rings. The van der Waals surface area contributed by atoms with E-state index in [9.17, 15) is 0 Å². The van der Waals surface area contributed by atoms with E-state index < -0.39 is 0 Å². The van der Waals surface area contributed by atoms with Crippen molar-refractivity contribution in [2.24, 2.45) is 10.8 Å². The lowest BCUT2D eigenvalue weighted by Crippen LogP contribution is -2.42. The molecule has 2 unspecified atom stereocenters. The fourth-order valence-electron chi connectivity index (χ4n) is 4.51. The Labute approximate surface area is 120 Å². The normalized spacial score (nSPS) is 31.3. The maximum atomic E-state index is 4.45. The standard InChI is InChI=1S/C18H31N/c1-10-13-14(4)19(9)18(12-3)15(5)17(18,11-2)16(6,7)8/h10,13H,1,5,11-12H2,2-4,6-9H3/b14-13+. The SMILES string of the molecule is C=C/C=C(\C)N(C)C1(CC)C(=C)C1(CC)C(C)(C)C. The molecule has 0 heterocycles. The van der Waals surface area contributed by atoms with Crippen molar-refractivity contribution in [1.82, 2.24) is 4.90 Å². The number of hydrogen-bond acceptors (Lipinski definition) is 1. The van der Waals surface area contributed by atoms with Crippen LogP contribution >= 0.6 is 0 Å². The highest BCUT2D eigenvalue weighted by molar-refractivity contribution is 5.53. The van der Waals surface area contributed by atoms with Crippen molar-refractivity contribution in [2.75, 3.05) is 7.05 Å². The van der Waals surface area contributed by atoms with Crippen molar-refractivity contribution < 1.29 is 0 Å². The summed E-state index contributed by atoms with van der Waals surface area (Å²) in [6.07, 6.45) is 6.21. The largest absolute Gasteiger partial charge is 0.368 e. The molecule has 0 N–H and O–H groups in total. The monoisotopic (exact) mass is 261 g/mol. The van der Waals surface area contributed by atoms with E-state index in [0.29, 0.717) is 0 Å². The van der Waals surface area contributed by atoms with Crippen molar-refractivity contribution in [2.45, 2.75) is 59.9 Å². The molecule has 19 heavy (non-hydrogen) atoms. The Kier molecular flexibility index (Phi) is 4.10. The van der Waals surface area contributed by atoms with Crippen LogP contribution in [0.4, 0.5) is 0 Å². The second-order valence-corrected chi connectivity index (χ2v) is 6.80. The molecule has 0 aliphatic heterocycles. The van der Waals surface area contributed by atoms with E-state index in [1.54, 1.807) is 0 Å². The molecule has 1 rings (SSSR count). The average Bonchev–Trinajstić information content (AvgIpc) is 2.89. The molecule has 108 valence electrons. The van der Waals surface area contributed by atoms with E-state index in [4.69, 9.17) is 0 Å². The fourth-order valence-corrected chi connectivity index (χ4v) is 4.51. The van der Waals surface area contributed by atoms with Crippen LogP contribution in [-0.2, 0) is 0 Å². The number of likely N-dealkylation sites (N-methyl/N-ethyl adjacent to an activating group) is 1. The zero-order chi connectivity index (χ0) is 15.1. The fraction of sp³-hybridized carbons (Fsp3) is 0.667. The molecular formula is C18H31N. The van der Waals surface area contributed by atoms with Crippen molar-refractivity contribution in [1.29, 1.82) is 0 Å². The predicted molar refractivity (Wildman–Crippen MR) is 86.1 cm³/mol. The topological polar surface area (TPSA) is 3.24 Å². The van der Waals surface area contributed by atoms with Crippen LogP contribution in [0.3, 0.4) is 0 Å². The molecule has 1 saturated carbocycles. The van der Waals surface area contributed by atoms with Gasteiger partial charge in [-0.05, 0) is 36.8 Å². The first kappa shape index (κ1) is 16.1. The maximum absolute atomic E-state index is 4.45. The van der Waals surface area contributed by atoms with Gasteiger partial charge in [0.25, 0.3) is 0 Å². The summed E-state index contributed by atoms with van der Waals surface area (Å²) in [5, 5.41) is 0. The highest BCUT2D eigenvalue weighted by atomic mass is 15.3. The van der Waals surface area contributed by atoms with E-state index in [2.05, 4.69) is 72.7 Å². The minimum atomic E-state index is 0.101. The summed E-state index contributed by atoms with van der Waals surface area (Å²) in [6.45, 7) is 22.0. The summed E-state index contributed by atoms with van der Waals surface area (Å²) >= 11 is 0. The van der Waals surface area contributed by atoms with Crippen LogP contribution in [-0.4, -0.2) is 17.5 Å². The van der Waals surface area contributed by atoms with Crippen LogP contribution in [0.1, 0.15) is 54.4 Å². The van der Waals surface area contributed by atoms with Gasteiger partial charge in [-0.15, -0.1) is 0 Å². The first-order chi connectivity index (χ1) is 8.67. The summed E-state index contributed by atoms with van der Waals surface area (Å²) in [4.78, 5) is 2.42. The number of rotatable bonds is 5. The quantitative estimate of drug-likeness (QED) is 0.487. The van der Waals surface area contributed by atoms with E-state index in [0.717, 1.165) is 12.8 Å². The van der Waals surface area contributed by atoms with Crippen molar-refractivity contribution in [3.8, 4) is 0 Å². The van der Waals surface area contributed by atoms with Gasteiger partial charge in [-0.1, -0.05) is 53.9 Å². The second kappa shape index (κ2) is 4.85. The molecule has 1 heteroatoms. The molecular weight excluding hydrogens is 230 g/mol. The van der Waals surface area contributed by atoms with Crippen LogP contribution < -0.4 is 0 Å². The Hall–Kier alpha value is -0.980. The summed E-state index contributed by atoms with van der Waals surface area (Å²) in [7, 11) is 2.20. The predicted octanol–water partition coefficient (Wildman–Crippen LogP) is 5.17. The highest BCUT2D eigenvalue weighted by Crippen LogP contribution is 2.75. The molecule has 0 saturated heterocycles.